The summed E-state index contributed by atoms with van der Waals surface area (Å²) in [7, 11) is 0. The molecule has 0 fully saturated rings. The molecule has 0 aliphatic carbocycles. The second kappa shape index (κ2) is 7.79. The molecule has 0 bridgehead atoms. The maximum atomic E-state index is 6.16. The minimum absolute atomic E-state index is 0.782. The monoisotopic (exact) mass is 284 g/mol. The molecule has 3 nitrogen and oxygen atoms in total. The number of hydrogen-bond donors (Lipinski definition) is 1. The van der Waals surface area contributed by atoms with Gasteiger partial charge in [-0.1, -0.05) is 32.0 Å². The third-order valence-electron chi connectivity index (χ3n) is 3.40. The summed E-state index contributed by atoms with van der Waals surface area (Å²) in [5.41, 5.74) is 3.29. The molecule has 0 saturated carbocycles. The summed E-state index contributed by atoms with van der Waals surface area (Å²) in [4.78, 5) is 4.38. The Hall–Kier alpha value is -1.87. The summed E-state index contributed by atoms with van der Waals surface area (Å²) in [5, 5.41) is 3.41. The summed E-state index contributed by atoms with van der Waals surface area (Å²) in [6.07, 6.45) is 3.99. The molecule has 21 heavy (non-hydrogen) atoms. The third kappa shape index (κ3) is 4.30. The Kier molecular flexibility index (Phi) is 5.76. The van der Waals surface area contributed by atoms with Crippen LogP contribution in [-0.4, -0.2) is 11.5 Å². The van der Waals surface area contributed by atoms with Crippen molar-refractivity contribution in [1.29, 1.82) is 0 Å². The SMILES string of the molecule is CCCNCc1cnc(C)cc1Oc1ccccc1CC. The van der Waals surface area contributed by atoms with Gasteiger partial charge in [0.15, 0.2) is 0 Å². The van der Waals surface area contributed by atoms with Gasteiger partial charge >= 0.3 is 0 Å². The molecule has 1 aromatic heterocycles. The van der Waals surface area contributed by atoms with Crippen molar-refractivity contribution in [1.82, 2.24) is 10.3 Å². The van der Waals surface area contributed by atoms with Crippen LogP contribution in [0.1, 0.15) is 37.1 Å². The van der Waals surface area contributed by atoms with Crippen LogP contribution >= 0.6 is 0 Å². The predicted octanol–water partition coefficient (Wildman–Crippen LogP) is 4.24. The molecule has 0 aliphatic heterocycles. The molecule has 0 saturated heterocycles. The van der Waals surface area contributed by atoms with E-state index in [1.165, 1.54) is 5.56 Å². The van der Waals surface area contributed by atoms with Crippen LogP contribution in [-0.2, 0) is 13.0 Å². The average Bonchev–Trinajstić information content (AvgIpc) is 2.50. The number of nitrogens with one attached hydrogen (secondary N) is 1. The van der Waals surface area contributed by atoms with Crippen molar-refractivity contribution in [3.8, 4) is 11.5 Å². The number of rotatable bonds is 7. The van der Waals surface area contributed by atoms with Gasteiger partial charge in [0, 0.05) is 30.1 Å². The summed E-state index contributed by atoms with van der Waals surface area (Å²) >= 11 is 0. The van der Waals surface area contributed by atoms with Crippen molar-refractivity contribution >= 4 is 0 Å². The zero-order chi connectivity index (χ0) is 15.1. The zero-order valence-electron chi connectivity index (χ0n) is 13.1. The Bertz CT molecular complexity index is 581. The van der Waals surface area contributed by atoms with E-state index in [0.29, 0.717) is 0 Å². The van der Waals surface area contributed by atoms with Gasteiger partial charge in [0.2, 0.25) is 0 Å². The topological polar surface area (TPSA) is 34.2 Å². The number of hydrogen-bond acceptors (Lipinski definition) is 3. The molecular weight excluding hydrogens is 260 g/mol. The van der Waals surface area contributed by atoms with Crippen molar-refractivity contribution in [3.05, 3.63) is 53.3 Å². The molecule has 2 aromatic rings. The first-order valence-electron chi connectivity index (χ1n) is 7.66. The van der Waals surface area contributed by atoms with E-state index >= 15 is 0 Å². The van der Waals surface area contributed by atoms with Crippen LogP contribution in [0, 0.1) is 6.92 Å². The largest absolute Gasteiger partial charge is 0.457 e. The molecule has 0 unspecified atom stereocenters. The summed E-state index contributed by atoms with van der Waals surface area (Å²) in [6.45, 7) is 8.07. The standard InChI is InChI=1S/C18H24N2O/c1-4-10-19-12-16-13-20-14(3)11-18(16)21-17-9-7-6-8-15(17)5-2/h6-9,11,13,19H,4-5,10,12H2,1-3H3. The van der Waals surface area contributed by atoms with E-state index < -0.39 is 0 Å². The predicted molar refractivity (Wildman–Crippen MR) is 86.9 cm³/mol. The minimum Gasteiger partial charge on any atom is -0.457 e. The minimum atomic E-state index is 0.782. The summed E-state index contributed by atoms with van der Waals surface area (Å²) < 4.78 is 6.16. The first kappa shape index (κ1) is 15.5. The van der Waals surface area contributed by atoms with Crippen LogP contribution in [0.5, 0.6) is 11.5 Å². The van der Waals surface area contributed by atoms with Gasteiger partial charge in [0.1, 0.15) is 11.5 Å². The molecule has 3 heteroatoms. The van der Waals surface area contributed by atoms with E-state index in [1.807, 2.05) is 37.4 Å². The van der Waals surface area contributed by atoms with Crippen LogP contribution < -0.4 is 10.1 Å². The van der Waals surface area contributed by atoms with Crippen LogP contribution in [0.3, 0.4) is 0 Å². The lowest BCUT2D eigenvalue weighted by atomic mass is 10.1. The molecular formula is C18H24N2O. The Morgan fingerprint density at radius 3 is 2.67 bits per heavy atom. The van der Waals surface area contributed by atoms with Crippen LogP contribution in [0.4, 0.5) is 0 Å². The van der Waals surface area contributed by atoms with E-state index in [9.17, 15) is 0 Å². The maximum absolute atomic E-state index is 6.16. The first-order chi connectivity index (χ1) is 10.2. The smallest absolute Gasteiger partial charge is 0.135 e. The molecule has 1 aromatic carbocycles. The highest BCUT2D eigenvalue weighted by molar-refractivity contribution is 5.41. The quantitative estimate of drug-likeness (QED) is 0.772. The summed E-state index contributed by atoms with van der Waals surface area (Å²) in [6, 6.07) is 10.2. The number of aryl methyl sites for hydroxylation is 2. The fraction of sp³-hybridized carbons (Fsp3) is 0.389. The summed E-state index contributed by atoms with van der Waals surface area (Å²) in [5.74, 6) is 1.83. The highest BCUT2D eigenvalue weighted by atomic mass is 16.5. The van der Waals surface area contributed by atoms with E-state index in [4.69, 9.17) is 4.74 Å². The Labute approximate surface area is 127 Å². The van der Waals surface area contributed by atoms with Crippen LogP contribution in [0.15, 0.2) is 36.5 Å². The van der Waals surface area contributed by atoms with Crippen molar-refractivity contribution in [2.24, 2.45) is 0 Å². The second-order valence-corrected chi connectivity index (χ2v) is 5.17. The number of nitrogens with zero attached hydrogens (tertiary/aromatic N) is 1. The molecule has 0 spiro atoms. The highest BCUT2D eigenvalue weighted by Crippen LogP contribution is 2.28. The van der Waals surface area contributed by atoms with Crippen LogP contribution in [0.2, 0.25) is 0 Å². The van der Waals surface area contributed by atoms with E-state index in [1.54, 1.807) is 0 Å². The average molecular weight is 284 g/mol. The van der Waals surface area contributed by atoms with Crippen molar-refractivity contribution in [2.45, 2.75) is 40.2 Å². The fourth-order valence-corrected chi connectivity index (χ4v) is 2.20. The Morgan fingerprint density at radius 2 is 1.90 bits per heavy atom. The van der Waals surface area contributed by atoms with E-state index in [2.05, 4.69) is 30.2 Å². The van der Waals surface area contributed by atoms with Gasteiger partial charge in [0.05, 0.1) is 0 Å². The number of para-hydroxylation sites is 1. The number of benzene rings is 1. The molecule has 0 atom stereocenters. The second-order valence-electron chi connectivity index (χ2n) is 5.17. The van der Waals surface area contributed by atoms with Gasteiger partial charge in [-0.05, 0) is 37.9 Å². The number of aromatic nitrogens is 1. The van der Waals surface area contributed by atoms with Gasteiger partial charge in [-0.2, -0.15) is 0 Å². The lowest BCUT2D eigenvalue weighted by Gasteiger charge is -2.14. The lowest BCUT2D eigenvalue weighted by molar-refractivity contribution is 0.465. The third-order valence-corrected chi connectivity index (χ3v) is 3.40. The van der Waals surface area contributed by atoms with Crippen molar-refractivity contribution in [2.75, 3.05) is 6.54 Å². The maximum Gasteiger partial charge on any atom is 0.135 e. The molecule has 0 aliphatic rings. The molecule has 0 amide bonds. The highest BCUT2D eigenvalue weighted by Gasteiger charge is 2.08. The fourth-order valence-electron chi connectivity index (χ4n) is 2.20. The molecule has 1 heterocycles. The first-order valence-corrected chi connectivity index (χ1v) is 7.66. The van der Waals surface area contributed by atoms with Crippen molar-refractivity contribution < 1.29 is 4.74 Å². The van der Waals surface area contributed by atoms with Gasteiger partial charge < -0.3 is 10.1 Å². The van der Waals surface area contributed by atoms with Gasteiger partial charge in [-0.15, -0.1) is 0 Å². The van der Waals surface area contributed by atoms with E-state index in [-0.39, 0.29) is 0 Å². The van der Waals surface area contributed by atoms with Crippen LogP contribution in [0.25, 0.3) is 0 Å². The van der Waals surface area contributed by atoms with Gasteiger partial charge in [-0.3, -0.25) is 4.98 Å². The molecule has 112 valence electrons. The van der Waals surface area contributed by atoms with E-state index in [0.717, 1.165) is 48.7 Å². The normalized spacial score (nSPS) is 10.6. The molecule has 2 rings (SSSR count). The Morgan fingerprint density at radius 1 is 1.10 bits per heavy atom. The number of pyridine rings is 1. The van der Waals surface area contributed by atoms with Gasteiger partial charge in [-0.25, -0.2) is 0 Å². The zero-order valence-corrected chi connectivity index (χ0v) is 13.1. The lowest BCUT2D eigenvalue weighted by Crippen LogP contribution is -2.14. The Balaban J connectivity index is 2.23. The number of ether oxygens (including phenoxy) is 1. The van der Waals surface area contributed by atoms with Crippen molar-refractivity contribution in [3.63, 3.8) is 0 Å². The molecule has 0 radical (unpaired) electrons. The van der Waals surface area contributed by atoms with Gasteiger partial charge in [0.25, 0.3) is 0 Å². The molecule has 1 N–H and O–H groups in total.